The van der Waals surface area contributed by atoms with Crippen molar-refractivity contribution in [1.82, 2.24) is 9.97 Å². The smallest absolute Gasteiger partial charge is 0.251 e. The lowest BCUT2D eigenvalue weighted by molar-refractivity contribution is -0.113. The van der Waals surface area contributed by atoms with Crippen LogP contribution in [0.2, 0.25) is 0 Å². The Balaban J connectivity index is 1.97. The molecule has 134 valence electrons. The molecule has 1 heterocycles. The molecule has 6 nitrogen and oxygen atoms in total. The minimum atomic E-state index is -0.255. The first-order valence-electron chi connectivity index (χ1n) is 8.05. The molecule has 0 saturated carbocycles. The Morgan fingerprint density at radius 3 is 2.80 bits per heavy atom. The van der Waals surface area contributed by atoms with E-state index in [9.17, 15) is 9.59 Å². The van der Waals surface area contributed by atoms with E-state index in [2.05, 4.69) is 15.3 Å². The van der Waals surface area contributed by atoms with Gasteiger partial charge < -0.3 is 15.0 Å². The molecule has 0 bridgehead atoms. The number of carbonyl (C=O) groups is 1. The zero-order valence-electron chi connectivity index (χ0n) is 14.9. The predicted molar refractivity (Wildman–Crippen MR) is 100 cm³/mol. The summed E-state index contributed by atoms with van der Waals surface area (Å²) < 4.78 is 5.46. The van der Waals surface area contributed by atoms with Crippen molar-refractivity contribution in [3.63, 3.8) is 0 Å². The van der Waals surface area contributed by atoms with Gasteiger partial charge in [0.1, 0.15) is 0 Å². The highest BCUT2D eigenvalue weighted by Gasteiger charge is 2.09. The topological polar surface area (TPSA) is 84.1 Å². The summed E-state index contributed by atoms with van der Waals surface area (Å²) in [5.41, 5.74) is 3.18. The number of anilines is 1. The zero-order valence-corrected chi connectivity index (χ0v) is 15.7. The van der Waals surface area contributed by atoms with Gasteiger partial charge in [0, 0.05) is 11.8 Å². The summed E-state index contributed by atoms with van der Waals surface area (Å²) in [7, 11) is 0. The number of amides is 1. The second kappa shape index (κ2) is 8.82. The number of aromatic nitrogens is 2. The maximum Gasteiger partial charge on any atom is 0.251 e. The van der Waals surface area contributed by atoms with Crippen molar-refractivity contribution in [2.45, 2.75) is 45.6 Å². The number of thioether (sulfide) groups is 1. The van der Waals surface area contributed by atoms with Crippen LogP contribution >= 0.6 is 11.8 Å². The number of aryl methyl sites for hydroxylation is 2. The zero-order chi connectivity index (χ0) is 18.4. The van der Waals surface area contributed by atoms with Gasteiger partial charge in [0.25, 0.3) is 5.56 Å². The molecule has 1 aromatic heterocycles. The molecule has 0 atom stereocenters. The molecule has 0 aliphatic carbocycles. The fourth-order valence-corrected chi connectivity index (χ4v) is 2.76. The molecule has 0 fully saturated rings. The van der Waals surface area contributed by atoms with Crippen LogP contribution in [0.4, 0.5) is 5.69 Å². The van der Waals surface area contributed by atoms with Crippen molar-refractivity contribution in [1.29, 1.82) is 0 Å². The quantitative estimate of drug-likeness (QED) is 0.585. The van der Waals surface area contributed by atoms with Crippen molar-refractivity contribution in [2.24, 2.45) is 0 Å². The normalized spacial score (nSPS) is 10.9. The Labute approximate surface area is 151 Å². The predicted octanol–water partition coefficient (Wildman–Crippen LogP) is 3.04. The van der Waals surface area contributed by atoms with Crippen LogP contribution in [0.5, 0.6) is 0 Å². The van der Waals surface area contributed by atoms with Crippen LogP contribution in [0.1, 0.15) is 30.7 Å². The van der Waals surface area contributed by atoms with Gasteiger partial charge in [-0.1, -0.05) is 23.9 Å². The van der Waals surface area contributed by atoms with Crippen molar-refractivity contribution < 1.29 is 9.53 Å². The van der Waals surface area contributed by atoms with Crippen LogP contribution in [0, 0.1) is 13.8 Å². The molecular formula is C18H23N3O3S. The number of aromatic amines is 1. The third-order valence-corrected chi connectivity index (χ3v) is 4.22. The summed E-state index contributed by atoms with van der Waals surface area (Å²) in [5, 5.41) is 3.29. The largest absolute Gasteiger partial charge is 0.373 e. The molecule has 0 saturated heterocycles. The molecule has 1 aromatic carbocycles. The van der Waals surface area contributed by atoms with Gasteiger partial charge in [0.2, 0.25) is 5.91 Å². The molecule has 0 radical (unpaired) electrons. The summed E-state index contributed by atoms with van der Waals surface area (Å²) in [6.45, 7) is 8.02. The summed E-state index contributed by atoms with van der Waals surface area (Å²) in [6, 6.07) is 7.30. The number of benzene rings is 1. The van der Waals surface area contributed by atoms with E-state index in [1.54, 1.807) is 0 Å². The number of nitrogens with zero attached hydrogens (tertiary/aromatic N) is 1. The minimum absolute atomic E-state index is 0.0561. The van der Waals surface area contributed by atoms with Gasteiger partial charge in [0.15, 0.2) is 5.16 Å². The third kappa shape index (κ3) is 6.36. The maximum atomic E-state index is 12.2. The van der Waals surface area contributed by atoms with Crippen molar-refractivity contribution in [2.75, 3.05) is 11.1 Å². The Bertz CT molecular complexity index is 802. The van der Waals surface area contributed by atoms with Crippen LogP contribution in [0.3, 0.4) is 0 Å². The summed E-state index contributed by atoms with van der Waals surface area (Å²) in [5.74, 6) is 0.00957. The average Bonchev–Trinajstić information content (AvgIpc) is 2.54. The van der Waals surface area contributed by atoms with E-state index in [1.165, 1.54) is 17.8 Å². The number of nitrogens with one attached hydrogen (secondary N) is 2. The van der Waals surface area contributed by atoms with Crippen molar-refractivity contribution >= 4 is 23.4 Å². The van der Waals surface area contributed by atoms with Gasteiger partial charge in [0.05, 0.1) is 24.2 Å². The fourth-order valence-electron chi connectivity index (χ4n) is 2.07. The van der Waals surface area contributed by atoms with E-state index in [0.717, 1.165) is 16.8 Å². The van der Waals surface area contributed by atoms with Crippen LogP contribution < -0.4 is 10.9 Å². The molecule has 2 N–H and O–H groups in total. The van der Waals surface area contributed by atoms with Crippen LogP contribution in [0.15, 0.2) is 34.2 Å². The number of hydrogen-bond donors (Lipinski definition) is 2. The van der Waals surface area contributed by atoms with E-state index in [0.29, 0.717) is 10.9 Å². The second-order valence-corrected chi connectivity index (χ2v) is 7.02. The van der Waals surface area contributed by atoms with Gasteiger partial charge in [-0.25, -0.2) is 4.98 Å². The van der Waals surface area contributed by atoms with Crippen LogP contribution in [0.25, 0.3) is 0 Å². The van der Waals surface area contributed by atoms with Gasteiger partial charge in [-0.2, -0.15) is 0 Å². The number of carbonyl (C=O) groups excluding carboxylic acids is 1. The van der Waals surface area contributed by atoms with E-state index in [-0.39, 0.29) is 29.9 Å². The van der Waals surface area contributed by atoms with Crippen LogP contribution in [-0.2, 0) is 16.1 Å². The summed E-state index contributed by atoms with van der Waals surface area (Å²) in [4.78, 5) is 30.8. The highest BCUT2D eigenvalue weighted by molar-refractivity contribution is 7.99. The van der Waals surface area contributed by atoms with Gasteiger partial charge in [-0.3, -0.25) is 9.59 Å². The number of ether oxygens (including phenoxy) is 1. The molecule has 0 spiro atoms. The van der Waals surface area contributed by atoms with Gasteiger partial charge >= 0.3 is 0 Å². The van der Waals surface area contributed by atoms with Crippen molar-refractivity contribution in [3.05, 3.63) is 51.4 Å². The molecule has 2 rings (SSSR count). The van der Waals surface area contributed by atoms with E-state index in [1.807, 2.05) is 45.9 Å². The lowest BCUT2D eigenvalue weighted by Crippen LogP contribution is -2.17. The molecule has 7 heteroatoms. The lowest BCUT2D eigenvalue weighted by atomic mass is 10.1. The summed E-state index contributed by atoms with van der Waals surface area (Å²) >= 11 is 1.19. The van der Waals surface area contributed by atoms with Crippen molar-refractivity contribution in [3.8, 4) is 0 Å². The first kappa shape index (κ1) is 19.2. The standard InChI is InChI=1S/C18H23N3O3S/c1-11(2)24-9-14-8-16(22)21-18(19-14)25-10-17(23)20-15-7-12(3)5-6-13(15)4/h5-8,11H,9-10H2,1-4H3,(H,20,23)(H,19,21,22). The first-order chi connectivity index (χ1) is 11.8. The molecule has 0 aliphatic rings. The first-order valence-corrected chi connectivity index (χ1v) is 9.04. The van der Waals surface area contributed by atoms with E-state index >= 15 is 0 Å². The van der Waals surface area contributed by atoms with Crippen LogP contribution in [-0.4, -0.2) is 27.7 Å². The van der Waals surface area contributed by atoms with E-state index < -0.39 is 0 Å². The third-order valence-electron chi connectivity index (χ3n) is 3.34. The SMILES string of the molecule is Cc1ccc(C)c(NC(=O)CSc2nc(COC(C)C)cc(=O)[nH]2)c1. The number of H-pyrrole nitrogens is 1. The molecule has 1 amide bonds. The number of rotatable bonds is 7. The monoisotopic (exact) mass is 361 g/mol. The van der Waals surface area contributed by atoms with Gasteiger partial charge in [-0.05, 0) is 44.9 Å². The Hall–Kier alpha value is -2.12. The lowest BCUT2D eigenvalue weighted by Gasteiger charge is -2.10. The summed E-state index contributed by atoms with van der Waals surface area (Å²) in [6.07, 6.45) is 0.0561. The molecule has 0 unspecified atom stereocenters. The minimum Gasteiger partial charge on any atom is -0.373 e. The average molecular weight is 361 g/mol. The maximum absolute atomic E-state index is 12.2. The Morgan fingerprint density at radius 1 is 1.32 bits per heavy atom. The number of hydrogen-bond acceptors (Lipinski definition) is 5. The Morgan fingerprint density at radius 2 is 2.08 bits per heavy atom. The highest BCUT2D eigenvalue weighted by Crippen LogP contribution is 2.18. The highest BCUT2D eigenvalue weighted by atomic mass is 32.2. The molecule has 25 heavy (non-hydrogen) atoms. The van der Waals surface area contributed by atoms with E-state index in [4.69, 9.17) is 4.74 Å². The van der Waals surface area contributed by atoms with Gasteiger partial charge in [-0.15, -0.1) is 0 Å². The Kier molecular flexibility index (Phi) is 6.78. The molecule has 0 aliphatic heterocycles. The molecular weight excluding hydrogens is 338 g/mol. The second-order valence-electron chi connectivity index (χ2n) is 6.06. The fraction of sp³-hybridized carbons (Fsp3) is 0.389. The molecule has 2 aromatic rings.